The van der Waals surface area contributed by atoms with Crippen molar-refractivity contribution in [1.82, 2.24) is 36.2 Å². The van der Waals surface area contributed by atoms with Gasteiger partial charge in [-0.05, 0) is 48.4 Å². The van der Waals surface area contributed by atoms with Crippen molar-refractivity contribution in [2.24, 2.45) is 23.7 Å². The van der Waals surface area contributed by atoms with Crippen molar-refractivity contribution in [3.8, 4) is 5.75 Å². The second kappa shape index (κ2) is 21.9. The van der Waals surface area contributed by atoms with Gasteiger partial charge in [0.2, 0.25) is 17.7 Å². The average Bonchev–Trinajstić information content (AvgIpc) is 3.71. The molecule has 14 heteroatoms. The summed E-state index contributed by atoms with van der Waals surface area (Å²) in [4.78, 5) is 65.8. The summed E-state index contributed by atoms with van der Waals surface area (Å²) in [5.41, 5.74) is 1.27. The van der Waals surface area contributed by atoms with E-state index >= 15 is 0 Å². The number of amides is 4. The molecule has 0 spiro atoms. The number of hydrogen-bond acceptors (Lipinski definition) is 9. The van der Waals surface area contributed by atoms with E-state index in [-0.39, 0.29) is 37.3 Å². The molecule has 4 rings (SSSR count). The number of H-pyrrole nitrogens is 1. The van der Waals surface area contributed by atoms with E-state index in [0.29, 0.717) is 30.0 Å². The third-order valence-electron chi connectivity index (χ3n) is 10.5. The smallest absolute Gasteiger partial charge is 0.258 e. The van der Waals surface area contributed by atoms with Crippen LogP contribution in [0.15, 0.2) is 67.3 Å². The molecule has 1 aromatic carbocycles. The molecule has 2 aromatic heterocycles. The van der Waals surface area contributed by atoms with Gasteiger partial charge in [-0.1, -0.05) is 90.5 Å². The number of aromatic nitrogens is 3. The molecule has 1 fully saturated rings. The predicted molar refractivity (Wildman–Crippen MR) is 207 cm³/mol. The number of rotatable bonds is 21. The molecule has 1 saturated carbocycles. The Kier molecular flexibility index (Phi) is 17.1. The molecule has 0 bridgehead atoms. The maximum absolute atomic E-state index is 14.1. The van der Waals surface area contributed by atoms with Crippen LogP contribution in [0.2, 0.25) is 0 Å². The first-order valence-electron chi connectivity index (χ1n) is 19.6. The van der Waals surface area contributed by atoms with Crippen LogP contribution in [-0.4, -0.2) is 85.7 Å². The summed E-state index contributed by atoms with van der Waals surface area (Å²) in [6, 6.07) is 11.3. The zero-order valence-corrected chi connectivity index (χ0v) is 32.4. The fourth-order valence-corrected chi connectivity index (χ4v) is 7.12. The van der Waals surface area contributed by atoms with Crippen LogP contribution in [0.1, 0.15) is 84.0 Å². The standard InChI is InChI=1S/C41H59N7O7/c1-5-27(4)36(41(54)44-23-29-16-12-13-19-43-29)48-40(53)35(26(2)3)38(51)37(50)32(20-28-14-8-6-9-15-28)47-39(52)33(21-30-22-42-25-45-30)46-34(49)24-55-31-17-10-7-11-18-31/h7,10-13,16-19,22,25-28,32-33,35-38,50-51H,5-6,8-9,14-15,20-21,23-24H2,1-4H3,(H,42,45)(H,44,54)(H,46,49)(H,47,52)(H,48,53)/t27-,32-,33-,35-,36-,37?,38?/m0/s1. The summed E-state index contributed by atoms with van der Waals surface area (Å²) < 4.78 is 5.60. The van der Waals surface area contributed by atoms with Gasteiger partial charge in [-0.15, -0.1) is 0 Å². The van der Waals surface area contributed by atoms with Crippen molar-refractivity contribution >= 4 is 23.6 Å². The Labute approximate surface area is 324 Å². The Morgan fingerprint density at radius 3 is 2.25 bits per heavy atom. The van der Waals surface area contributed by atoms with Crippen LogP contribution < -0.4 is 26.0 Å². The lowest BCUT2D eigenvalue weighted by molar-refractivity contribution is -0.141. The van der Waals surface area contributed by atoms with Crippen LogP contribution >= 0.6 is 0 Å². The molecule has 1 aliphatic rings. The lowest BCUT2D eigenvalue weighted by Gasteiger charge is -2.37. The Hall–Kier alpha value is -4.82. The molecule has 2 unspecified atom stereocenters. The van der Waals surface area contributed by atoms with E-state index in [4.69, 9.17) is 4.74 Å². The van der Waals surface area contributed by atoms with Crippen molar-refractivity contribution in [2.45, 2.75) is 116 Å². The highest BCUT2D eigenvalue weighted by molar-refractivity contribution is 5.89. The van der Waals surface area contributed by atoms with Gasteiger partial charge >= 0.3 is 0 Å². The second-order valence-corrected chi connectivity index (χ2v) is 15.0. The highest BCUT2D eigenvalue weighted by atomic mass is 16.5. The molecule has 1 aliphatic carbocycles. The number of benzene rings is 1. The van der Waals surface area contributed by atoms with Gasteiger partial charge in [0, 0.05) is 24.5 Å². The Morgan fingerprint density at radius 2 is 1.62 bits per heavy atom. The van der Waals surface area contributed by atoms with Crippen LogP contribution in [0.5, 0.6) is 5.75 Å². The summed E-state index contributed by atoms with van der Waals surface area (Å²) >= 11 is 0. The van der Waals surface area contributed by atoms with E-state index < -0.39 is 59.9 Å². The normalized spacial score (nSPS) is 17.1. The fraction of sp³-hybridized carbons (Fsp3) is 0.561. The van der Waals surface area contributed by atoms with Gasteiger partial charge in [0.1, 0.15) is 23.9 Å². The first-order chi connectivity index (χ1) is 26.5. The fourth-order valence-electron chi connectivity index (χ4n) is 7.12. The largest absolute Gasteiger partial charge is 0.484 e. The number of pyridine rings is 1. The number of ether oxygens (including phenoxy) is 1. The lowest BCUT2D eigenvalue weighted by Crippen LogP contribution is -2.59. The molecule has 7 atom stereocenters. The number of aromatic amines is 1. The number of aliphatic hydroxyl groups is 2. The number of carbonyl (C=O) groups is 4. The van der Waals surface area contributed by atoms with E-state index in [1.54, 1.807) is 62.6 Å². The van der Waals surface area contributed by atoms with E-state index in [2.05, 4.69) is 36.2 Å². The topological polar surface area (TPSA) is 208 Å². The van der Waals surface area contributed by atoms with Crippen LogP contribution in [0.25, 0.3) is 0 Å². The quantitative estimate of drug-likeness (QED) is 0.0850. The Bertz CT molecular complexity index is 1600. The lowest BCUT2D eigenvalue weighted by atomic mass is 9.79. The SMILES string of the molecule is CC[C@H](C)[C@H](NC(=O)[C@@H](C(C)C)C(O)C(O)[C@H](CC1CCCCC1)NC(=O)[C@H](Cc1cnc[nH]1)NC(=O)COc1ccccc1)C(=O)NCc1ccccn1. The number of nitrogens with one attached hydrogen (secondary N) is 5. The molecular weight excluding hydrogens is 702 g/mol. The van der Waals surface area contributed by atoms with Crippen molar-refractivity contribution in [3.63, 3.8) is 0 Å². The van der Waals surface area contributed by atoms with Gasteiger partial charge < -0.3 is 41.2 Å². The number of carbonyl (C=O) groups excluding carboxylic acids is 4. The summed E-state index contributed by atoms with van der Waals surface area (Å²) in [5, 5.41) is 35.2. The van der Waals surface area contributed by atoms with Crippen molar-refractivity contribution in [1.29, 1.82) is 0 Å². The molecule has 0 radical (unpaired) electrons. The molecule has 0 saturated heterocycles. The zero-order valence-electron chi connectivity index (χ0n) is 32.4. The third kappa shape index (κ3) is 13.5. The molecule has 3 aromatic rings. The molecular formula is C41H59N7O7. The maximum atomic E-state index is 14.1. The molecule has 2 heterocycles. The van der Waals surface area contributed by atoms with Crippen molar-refractivity contribution in [3.05, 3.63) is 78.6 Å². The van der Waals surface area contributed by atoms with Gasteiger partial charge in [-0.3, -0.25) is 24.2 Å². The van der Waals surface area contributed by atoms with E-state index in [0.717, 1.165) is 32.1 Å². The average molecular weight is 762 g/mol. The van der Waals surface area contributed by atoms with Gasteiger partial charge in [-0.2, -0.15) is 0 Å². The van der Waals surface area contributed by atoms with E-state index in [1.165, 1.54) is 6.33 Å². The minimum absolute atomic E-state index is 0.0775. The molecule has 0 aliphatic heterocycles. The Balaban J connectivity index is 1.51. The second-order valence-electron chi connectivity index (χ2n) is 15.0. The van der Waals surface area contributed by atoms with Crippen LogP contribution in [0.3, 0.4) is 0 Å². The van der Waals surface area contributed by atoms with Crippen molar-refractivity contribution in [2.75, 3.05) is 6.61 Å². The summed E-state index contributed by atoms with van der Waals surface area (Å²) in [6.45, 7) is 7.17. The van der Waals surface area contributed by atoms with Crippen LogP contribution in [0.4, 0.5) is 0 Å². The summed E-state index contributed by atoms with van der Waals surface area (Å²) in [5.74, 6) is -3.18. The summed E-state index contributed by atoms with van der Waals surface area (Å²) in [7, 11) is 0. The predicted octanol–water partition coefficient (Wildman–Crippen LogP) is 3.21. The first kappa shape index (κ1) is 42.9. The highest BCUT2D eigenvalue weighted by Gasteiger charge is 2.41. The van der Waals surface area contributed by atoms with E-state index in [9.17, 15) is 29.4 Å². The molecule has 7 N–H and O–H groups in total. The molecule has 14 nitrogen and oxygen atoms in total. The van der Waals surface area contributed by atoms with Crippen molar-refractivity contribution < 1.29 is 34.1 Å². The maximum Gasteiger partial charge on any atom is 0.258 e. The zero-order chi connectivity index (χ0) is 39.7. The molecule has 4 amide bonds. The number of aliphatic hydroxyl groups excluding tert-OH is 2. The number of para-hydroxylation sites is 1. The Morgan fingerprint density at radius 1 is 0.891 bits per heavy atom. The molecule has 55 heavy (non-hydrogen) atoms. The van der Waals surface area contributed by atoms with Crippen LogP contribution in [-0.2, 0) is 32.1 Å². The molecule has 300 valence electrons. The van der Waals surface area contributed by atoms with Gasteiger partial charge in [0.25, 0.3) is 5.91 Å². The monoisotopic (exact) mass is 761 g/mol. The van der Waals surface area contributed by atoms with E-state index in [1.807, 2.05) is 26.0 Å². The van der Waals surface area contributed by atoms with Gasteiger partial charge in [-0.25, -0.2) is 4.98 Å². The first-order valence-corrected chi connectivity index (χ1v) is 19.6. The van der Waals surface area contributed by atoms with Crippen LogP contribution in [0, 0.1) is 23.7 Å². The highest BCUT2D eigenvalue weighted by Crippen LogP contribution is 2.30. The van der Waals surface area contributed by atoms with Gasteiger partial charge in [0.15, 0.2) is 6.61 Å². The number of hydrogen-bond donors (Lipinski definition) is 7. The minimum atomic E-state index is -1.59. The van der Waals surface area contributed by atoms with Gasteiger partial charge in [0.05, 0.1) is 36.6 Å². The third-order valence-corrected chi connectivity index (χ3v) is 10.5. The number of nitrogens with zero attached hydrogens (tertiary/aromatic N) is 2. The minimum Gasteiger partial charge on any atom is -0.484 e. The summed E-state index contributed by atoms with van der Waals surface area (Å²) in [6.07, 6.45) is 7.50. The number of imidazole rings is 1.